The monoisotopic (exact) mass is 270 g/mol. The fourth-order valence-corrected chi connectivity index (χ4v) is 2.02. The van der Waals surface area contributed by atoms with Gasteiger partial charge in [-0.25, -0.2) is 0 Å². The number of aldehydes is 1. The summed E-state index contributed by atoms with van der Waals surface area (Å²) in [5.74, 6) is 0.699. The molecule has 88 valence electrons. The van der Waals surface area contributed by atoms with E-state index in [-0.39, 0.29) is 5.76 Å². The van der Waals surface area contributed by atoms with E-state index in [9.17, 15) is 4.79 Å². The molecule has 2 rings (SSSR count). The van der Waals surface area contributed by atoms with Crippen LogP contribution in [0.5, 0.6) is 5.75 Å². The van der Waals surface area contributed by atoms with Gasteiger partial charge in [0.2, 0.25) is 0 Å². The zero-order chi connectivity index (χ0) is 12.4. The molecule has 0 aliphatic carbocycles. The predicted octanol–water partition coefficient (Wildman–Crippen LogP) is 4.07. The first-order chi connectivity index (χ1) is 8.17. The highest BCUT2D eigenvalue weighted by atomic mass is 35.5. The molecule has 0 aliphatic heterocycles. The van der Waals surface area contributed by atoms with Crippen molar-refractivity contribution < 1.29 is 13.9 Å². The van der Waals surface area contributed by atoms with Crippen molar-refractivity contribution in [2.75, 3.05) is 7.11 Å². The maximum atomic E-state index is 10.8. The van der Waals surface area contributed by atoms with Crippen LogP contribution in [-0.2, 0) is 0 Å². The number of hydrogen-bond donors (Lipinski definition) is 0. The number of benzene rings is 1. The zero-order valence-electron chi connectivity index (χ0n) is 8.87. The van der Waals surface area contributed by atoms with Crippen LogP contribution in [0.1, 0.15) is 10.6 Å². The van der Waals surface area contributed by atoms with Crippen LogP contribution >= 0.6 is 23.2 Å². The summed E-state index contributed by atoms with van der Waals surface area (Å²) in [4.78, 5) is 10.8. The van der Waals surface area contributed by atoms with Crippen molar-refractivity contribution in [3.63, 3.8) is 0 Å². The molecule has 0 amide bonds. The molecule has 0 aliphatic rings. The number of hydrogen-bond acceptors (Lipinski definition) is 3. The SMILES string of the molecule is COc1cc(Cl)c(-c2ccoc2C=O)cc1Cl. The molecular formula is C12H8Cl2O3. The van der Waals surface area contributed by atoms with Crippen LogP contribution in [0.25, 0.3) is 11.1 Å². The van der Waals surface area contributed by atoms with Crippen LogP contribution in [0.3, 0.4) is 0 Å². The summed E-state index contributed by atoms with van der Waals surface area (Å²) >= 11 is 12.1. The normalized spacial score (nSPS) is 10.3. The van der Waals surface area contributed by atoms with E-state index < -0.39 is 0 Å². The van der Waals surface area contributed by atoms with Crippen LogP contribution in [0, 0.1) is 0 Å². The van der Waals surface area contributed by atoms with E-state index in [1.807, 2.05) is 0 Å². The average Bonchev–Trinajstić information content (AvgIpc) is 2.79. The Morgan fingerprint density at radius 2 is 2.00 bits per heavy atom. The van der Waals surface area contributed by atoms with Crippen molar-refractivity contribution >= 4 is 29.5 Å². The summed E-state index contributed by atoms with van der Waals surface area (Å²) in [5.41, 5.74) is 1.24. The first-order valence-electron chi connectivity index (χ1n) is 4.73. The first-order valence-corrected chi connectivity index (χ1v) is 5.49. The molecule has 1 heterocycles. The number of rotatable bonds is 3. The summed E-state index contributed by atoms with van der Waals surface area (Å²) in [6, 6.07) is 4.90. The second kappa shape index (κ2) is 4.82. The summed E-state index contributed by atoms with van der Waals surface area (Å²) in [5, 5.41) is 0.862. The Kier molecular flexibility index (Phi) is 3.41. The van der Waals surface area contributed by atoms with E-state index in [1.165, 1.54) is 13.4 Å². The molecule has 0 bridgehead atoms. The fourth-order valence-electron chi connectivity index (χ4n) is 1.53. The maximum absolute atomic E-state index is 10.8. The molecule has 0 saturated heterocycles. The van der Waals surface area contributed by atoms with Crippen molar-refractivity contribution in [2.45, 2.75) is 0 Å². The number of carbonyl (C=O) groups excluding carboxylic acids is 1. The third-order valence-electron chi connectivity index (χ3n) is 2.33. The number of ether oxygens (including phenoxy) is 1. The molecule has 5 heteroatoms. The van der Waals surface area contributed by atoms with E-state index in [2.05, 4.69) is 0 Å². The molecule has 1 aromatic heterocycles. The van der Waals surface area contributed by atoms with Crippen LogP contribution in [0.15, 0.2) is 28.9 Å². The minimum Gasteiger partial charge on any atom is -0.495 e. The lowest BCUT2D eigenvalue weighted by Gasteiger charge is -2.07. The smallest absolute Gasteiger partial charge is 0.185 e. The van der Waals surface area contributed by atoms with Gasteiger partial charge in [0, 0.05) is 17.2 Å². The maximum Gasteiger partial charge on any atom is 0.185 e. The summed E-state index contributed by atoms with van der Waals surface area (Å²) in [6.07, 6.45) is 2.05. The van der Waals surface area contributed by atoms with Crippen molar-refractivity contribution in [1.29, 1.82) is 0 Å². The van der Waals surface area contributed by atoms with Gasteiger partial charge in [0.05, 0.1) is 23.4 Å². The molecule has 0 spiro atoms. The minimum atomic E-state index is 0.216. The lowest BCUT2D eigenvalue weighted by molar-refractivity contribution is 0.110. The molecule has 0 radical (unpaired) electrons. The minimum absolute atomic E-state index is 0.216. The van der Waals surface area contributed by atoms with Gasteiger partial charge in [-0.1, -0.05) is 23.2 Å². The van der Waals surface area contributed by atoms with Crippen molar-refractivity contribution in [3.05, 3.63) is 40.3 Å². The summed E-state index contributed by atoms with van der Waals surface area (Å²) < 4.78 is 10.1. The Morgan fingerprint density at radius 3 is 2.65 bits per heavy atom. The quantitative estimate of drug-likeness (QED) is 0.790. The highest BCUT2D eigenvalue weighted by Crippen LogP contribution is 2.37. The third kappa shape index (κ3) is 2.16. The Hall–Kier alpha value is -1.45. The Labute approximate surface area is 108 Å². The van der Waals surface area contributed by atoms with Crippen LogP contribution < -0.4 is 4.74 Å². The second-order valence-corrected chi connectivity index (χ2v) is 4.10. The van der Waals surface area contributed by atoms with Crippen LogP contribution in [0.4, 0.5) is 0 Å². The fraction of sp³-hybridized carbons (Fsp3) is 0.0833. The molecule has 0 unspecified atom stereocenters. The van der Waals surface area contributed by atoms with Crippen molar-refractivity contribution in [3.8, 4) is 16.9 Å². The molecular weight excluding hydrogens is 263 g/mol. The van der Waals surface area contributed by atoms with Crippen molar-refractivity contribution in [2.24, 2.45) is 0 Å². The van der Waals surface area contributed by atoms with E-state index in [4.69, 9.17) is 32.4 Å². The van der Waals surface area contributed by atoms with E-state index in [0.717, 1.165) is 0 Å². The van der Waals surface area contributed by atoms with Gasteiger partial charge in [-0.05, 0) is 12.1 Å². The largest absolute Gasteiger partial charge is 0.495 e. The predicted molar refractivity (Wildman–Crippen MR) is 66.1 cm³/mol. The molecule has 0 N–H and O–H groups in total. The molecule has 0 saturated carbocycles. The van der Waals surface area contributed by atoms with Gasteiger partial charge in [0.1, 0.15) is 5.75 Å². The summed E-state index contributed by atoms with van der Waals surface area (Å²) in [7, 11) is 1.51. The Balaban J connectivity index is 2.60. The number of carbonyl (C=O) groups is 1. The highest BCUT2D eigenvalue weighted by molar-refractivity contribution is 6.36. The molecule has 0 atom stereocenters. The summed E-state index contributed by atoms with van der Waals surface area (Å²) in [6.45, 7) is 0. The average molecular weight is 271 g/mol. The highest BCUT2D eigenvalue weighted by Gasteiger charge is 2.14. The molecule has 1 aromatic carbocycles. The van der Waals surface area contributed by atoms with E-state index >= 15 is 0 Å². The van der Waals surface area contributed by atoms with Crippen LogP contribution in [0.2, 0.25) is 10.0 Å². The molecule has 0 fully saturated rings. The number of furan rings is 1. The second-order valence-electron chi connectivity index (χ2n) is 3.28. The first kappa shape index (κ1) is 12.0. The standard InChI is InChI=1S/C12H8Cl2O3/c1-16-11-5-9(13)8(4-10(11)14)7-2-3-17-12(7)6-15/h2-6H,1H3. The lowest BCUT2D eigenvalue weighted by Crippen LogP contribution is -1.88. The Bertz CT molecular complexity index is 561. The van der Waals surface area contributed by atoms with Gasteiger partial charge in [0.25, 0.3) is 0 Å². The van der Waals surface area contributed by atoms with Crippen molar-refractivity contribution in [1.82, 2.24) is 0 Å². The zero-order valence-corrected chi connectivity index (χ0v) is 10.4. The number of methoxy groups -OCH3 is 1. The van der Waals surface area contributed by atoms with Crippen LogP contribution in [-0.4, -0.2) is 13.4 Å². The van der Waals surface area contributed by atoms with E-state index in [0.29, 0.717) is 33.2 Å². The van der Waals surface area contributed by atoms with Gasteiger partial charge >= 0.3 is 0 Å². The topological polar surface area (TPSA) is 39.4 Å². The van der Waals surface area contributed by atoms with Gasteiger partial charge in [-0.3, -0.25) is 4.79 Å². The molecule has 2 aromatic rings. The van der Waals surface area contributed by atoms with Gasteiger partial charge < -0.3 is 9.15 Å². The van der Waals surface area contributed by atoms with Gasteiger partial charge in [-0.15, -0.1) is 0 Å². The molecule has 17 heavy (non-hydrogen) atoms. The lowest BCUT2D eigenvalue weighted by atomic mass is 10.1. The third-order valence-corrected chi connectivity index (χ3v) is 2.94. The van der Waals surface area contributed by atoms with Gasteiger partial charge in [0.15, 0.2) is 12.0 Å². The number of halogens is 2. The Morgan fingerprint density at radius 1 is 1.24 bits per heavy atom. The van der Waals surface area contributed by atoms with E-state index in [1.54, 1.807) is 18.2 Å². The van der Waals surface area contributed by atoms with Gasteiger partial charge in [-0.2, -0.15) is 0 Å². The molecule has 3 nitrogen and oxygen atoms in total.